The van der Waals surface area contributed by atoms with Gasteiger partial charge in [0.2, 0.25) is 0 Å². The van der Waals surface area contributed by atoms with Gasteiger partial charge in [0.05, 0.1) is 0 Å². The molecule has 0 amide bonds. The Hall–Kier alpha value is -6.34. The summed E-state index contributed by atoms with van der Waals surface area (Å²) >= 11 is 0. The highest BCUT2D eigenvalue weighted by Crippen LogP contribution is 2.67. The van der Waals surface area contributed by atoms with Crippen molar-refractivity contribution < 1.29 is 37.0 Å². The van der Waals surface area contributed by atoms with E-state index in [1.54, 1.807) is 48.5 Å². The number of benzene rings is 8. The number of hydrogen-bond donors (Lipinski definition) is 2. The minimum absolute atomic E-state index is 0.00297. The zero-order valence-electron chi connectivity index (χ0n) is 44.2. The highest BCUT2D eigenvalue weighted by Gasteiger charge is 2.51. The van der Waals surface area contributed by atoms with Crippen molar-refractivity contribution in [1.29, 1.82) is 0 Å². The number of para-hydroxylation sites is 2. The second-order valence-electron chi connectivity index (χ2n) is 19.9. The molecule has 6 atom stereocenters. The van der Waals surface area contributed by atoms with Gasteiger partial charge < -0.3 is 14.2 Å². The van der Waals surface area contributed by atoms with E-state index >= 15 is 4.57 Å². The maximum absolute atomic E-state index is 16.5. The molecule has 10 heteroatoms. The van der Waals surface area contributed by atoms with E-state index in [1.165, 1.54) is 12.1 Å². The Morgan fingerprint density at radius 3 is 1.14 bits per heavy atom. The van der Waals surface area contributed by atoms with Crippen molar-refractivity contribution >= 4 is 15.6 Å². The van der Waals surface area contributed by atoms with Gasteiger partial charge in [-0.3, -0.25) is 9.42 Å². The van der Waals surface area contributed by atoms with E-state index in [4.69, 9.17) is 17.9 Å². The van der Waals surface area contributed by atoms with Gasteiger partial charge in [-0.15, -0.1) is 0 Å². The van der Waals surface area contributed by atoms with Crippen molar-refractivity contribution in [1.82, 2.24) is 0 Å². The molecule has 8 nitrogen and oxygen atoms in total. The topological polar surface area (TPSA) is 112 Å². The second-order valence-corrected chi connectivity index (χ2v) is 22.9. The van der Waals surface area contributed by atoms with Crippen LogP contribution in [0.5, 0.6) is 11.5 Å². The SMILES string of the molecule is CC(c1ccccc1)c1ccc(C(CCCCCCCCCO)(OP(=O)(Oc2ccccc2)OP(=O)(O)Oc2ccccc2)c2ccc(C(C)c3ccccc3)cc2C(C)c2ccccc2)c(C(C)c2ccccc2)c1. The van der Waals surface area contributed by atoms with E-state index in [2.05, 4.69) is 137 Å². The Morgan fingerprint density at radius 2 is 0.750 bits per heavy atom. The molecule has 0 bridgehead atoms. The minimum Gasteiger partial charge on any atom is -0.404 e. The molecule has 0 aliphatic carbocycles. The van der Waals surface area contributed by atoms with Crippen LogP contribution in [0.3, 0.4) is 0 Å². The third kappa shape index (κ3) is 14.4. The summed E-state index contributed by atoms with van der Waals surface area (Å²) in [5, 5.41) is 9.52. The van der Waals surface area contributed by atoms with Gasteiger partial charge >= 0.3 is 15.6 Å². The highest BCUT2D eigenvalue weighted by molar-refractivity contribution is 7.62. The maximum atomic E-state index is 16.5. The first-order chi connectivity index (χ1) is 36.9. The fourth-order valence-electron chi connectivity index (χ4n) is 10.4. The largest absolute Gasteiger partial charge is 0.541 e. The summed E-state index contributed by atoms with van der Waals surface area (Å²) in [6.45, 7) is 8.96. The van der Waals surface area contributed by atoms with Crippen molar-refractivity contribution in [3.05, 3.63) is 274 Å². The smallest absolute Gasteiger partial charge is 0.404 e. The molecular weight excluding hydrogens is 983 g/mol. The van der Waals surface area contributed by atoms with E-state index < -0.39 is 21.2 Å². The third-order valence-electron chi connectivity index (χ3n) is 14.7. The number of phosphoric ester groups is 2. The molecule has 0 aliphatic rings. The summed E-state index contributed by atoms with van der Waals surface area (Å²) in [6, 6.07) is 71.2. The predicted octanol–water partition coefficient (Wildman–Crippen LogP) is 18.1. The number of phosphoric acid groups is 2. The van der Waals surface area contributed by atoms with Gasteiger partial charge in [0.25, 0.3) is 0 Å². The Bertz CT molecular complexity index is 2980. The molecule has 6 unspecified atom stereocenters. The number of rotatable bonds is 27. The monoisotopic (exact) mass is 1050 g/mol. The van der Waals surface area contributed by atoms with Crippen LogP contribution in [0.25, 0.3) is 0 Å². The maximum Gasteiger partial charge on any atom is 0.541 e. The lowest BCUT2D eigenvalue weighted by Gasteiger charge is -2.41. The Morgan fingerprint density at radius 1 is 0.408 bits per heavy atom. The number of unbranched alkanes of at least 4 members (excludes halogenated alkanes) is 6. The van der Waals surface area contributed by atoms with Crippen LogP contribution in [0.2, 0.25) is 0 Å². The summed E-state index contributed by atoms with van der Waals surface area (Å²) in [7, 11) is -10.6. The van der Waals surface area contributed by atoms with E-state index in [0.29, 0.717) is 6.42 Å². The molecular formula is C66H72O8P2. The minimum atomic E-state index is -5.29. The zero-order chi connectivity index (χ0) is 53.4. The summed E-state index contributed by atoms with van der Waals surface area (Å²) < 4.78 is 56.7. The predicted molar refractivity (Wildman–Crippen MR) is 307 cm³/mol. The molecule has 2 N–H and O–H groups in total. The van der Waals surface area contributed by atoms with Gasteiger partial charge in [-0.25, -0.2) is 9.13 Å². The van der Waals surface area contributed by atoms with Gasteiger partial charge in [0, 0.05) is 30.3 Å². The van der Waals surface area contributed by atoms with Crippen molar-refractivity contribution in [2.24, 2.45) is 0 Å². The molecule has 8 aromatic carbocycles. The van der Waals surface area contributed by atoms with Crippen LogP contribution in [0, 0.1) is 0 Å². The first kappa shape index (κ1) is 55.9. The fraction of sp³-hybridized carbons (Fsp3) is 0.273. The van der Waals surface area contributed by atoms with E-state index in [1.807, 2.05) is 48.5 Å². The molecule has 0 aromatic heterocycles. The normalized spacial score (nSPS) is 15.5. The van der Waals surface area contributed by atoms with Crippen LogP contribution in [0.15, 0.2) is 218 Å². The quantitative estimate of drug-likeness (QED) is 0.0387. The van der Waals surface area contributed by atoms with Gasteiger partial charge in [0.15, 0.2) is 0 Å². The van der Waals surface area contributed by atoms with Crippen LogP contribution in [0.1, 0.15) is 158 Å². The lowest BCUT2D eigenvalue weighted by atomic mass is 9.71. The second kappa shape index (κ2) is 26.6. The summed E-state index contributed by atoms with van der Waals surface area (Å²) in [4.78, 5) is 11.8. The first-order valence-electron chi connectivity index (χ1n) is 26.8. The molecule has 394 valence electrons. The summed E-state index contributed by atoms with van der Waals surface area (Å²) in [6.07, 6.45) is 6.25. The van der Waals surface area contributed by atoms with Crippen LogP contribution in [-0.4, -0.2) is 16.6 Å². The number of aliphatic hydroxyl groups is 1. The van der Waals surface area contributed by atoms with E-state index in [9.17, 15) is 14.6 Å². The molecule has 0 spiro atoms. The number of hydrogen-bond acceptors (Lipinski definition) is 7. The first-order valence-corrected chi connectivity index (χ1v) is 29.8. The molecule has 0 saturated heterocycles. The molecule has 0 radical (unpaired) electrons. The molecule has 8 aromatic rings. The van der Waals surface area contributed by atoms with Crippen molar-refractivity contribution in [3.63, 3.8) is 0 Å². The van der Waals surface area contributed by atoms with Gasteiger partial charge in [-0.2, -0.15) is 4.31 Å². The average Bonchev–Trinajstić information content (AvgIpc) is 3.47. The van der Waals surface area contributed by atoms with Crippen LogP contribution >= 0.6 is 15.6 Å². The molecule has 0 fully saturated rings. The lowest BCUT2D eigenvalue weighted by Crippen LogP contribution is -2.35. The van der Waals surface area contributed by atoms with Crippen molar-refractivity contribution in [3.8, 4) is 11.5 Å². The highest BCUT2D eigenvalue weighted by atomic mass is 31.3. The Labute approximate surface area is 451 Å². The summed E-state index contributed by atoms with van der Waals surface area (Å²) in [5.74, 6) is -0.330. The van der Waals surface area contributed by atoms with E-state index in [0.717, 1.165) is 94.2 Å². The van der Waals surface area contributed by atoms with Crippen molar-refractivity contribution in [2.75, 3.05) is 6.61 Å². The average molecular weight is 1060 g/mol. The van der Waals surface area contributed by atoms with Crippen LogP contribution in [-0.2, 0) is 23.6 Å². The van der Waals surface area contributed by atoms with Crippen molar-refractivity contribution in [2.45, 2.75) is 108 Å². The Kier molecular flexibility index (Phi) is 19.6. The van der Waals surface area contributed by atoms with Crippen LogP contribution in [0.4, 0.5) is 0 Å². The van der Waals surface area contributed by atoms with Gasteiger partial charge in [0.1, 0.15) is 17.1 Å². The molecule has 76 heavy (non-hydrogen) atoms. The lowest BCUT2D eigenvalue weighted by molar-refractivity contribution is 0.0558. The standard InChI is InChI=1S/C66H72O8P2/c1-50(54-30-16-10-17-31-54)58-42-44-64(62(48-58)52(3)56-34-20-12-21-35-56)66(46-28-8-6-5-7-9-29-47-67,73-76(70,72-61-40-26-15-27-41-61)74-75(68,69)71-60-38-24-14-25-39-60)65-45-43-59(51(2)55-32-18-11-19-33-55)49-63(65)53(4)57-36-22-13-23-37-57/h10-27,30-45,48-53,67H,5-9,28-29,46-47H2,1-4H3,(H,68,69). The van der Waals surface area contributed by atoms with E-state index in [-0.39, 0.29) is 48.2 Å². The third-order valence-corrected chi connectivity index (χ3v) is 17.8. The fourth-order valence-corrected chi connectivity index (χ4v) is 13.3. The Balaban J connectivity index is 1.43. The molecule has 0 aliphatic heterocycles. The molecule has 0 heterocycles. The van der Waals surface area contributed by atoms with Gasteiger partial charge in [-0.05, 0) is 99.2 Å². The molecule has 8 rings (SSSR count). The van der Waals surface area contributed by atoms with Gasteiger partial charge in [-0.1, -0.05) is 254 Å². The molecule has 0 saturated carbocycles. The summed E-state index contributed by atoms with van der Waals surface area (Å²) in [5.41, 5.74) is 8.19. The zero-order valence-corrected chi connectivity index (χ0v) is 46.0. The van der Waals surface area contributed by atoms with Crippen LogP contribution < -0.4 is 9.05 Å². The number of aliphatic hydroxyl groups excluding tert-OH is 1.